The number of phenols is 1. The zero-order valence-electron chi connectivity index (χ0n) is 18.1. The molecule has 0 radical (unpaired) electrons. The number of likely N-dealkylation sites (tertiary alicyclic amines) is 1. The number of imide groups is 1. The average Bonchev–Trinajstić information content (AvgIpc) is 3.35. The highest BCUT2D eigenvalue weighted by Gasteiger charge is 2.55. The van der Waals surface area contributed by atoms with Gasteiger partial charge in [0.1, 0.15) is 11.3 Å². The molecule has 170 valence electrons. The van der Waals surface area contributed by atoms with Crippen molar-refractivity contribution in [1.82, 2.24) is 15.1 Å². The molecule has 0 spiro atoms. The van der Waals surface area contributed by atoms with Crippen molar-refractivity contribution in [3.05, 3.63) is 28.8 Å². The number of ether oxygens (including phenoxy) is 1. The van der Waals surface area contributed by atoms with E-state index < -0.39 is 5.54 Å². The van der Waals surface area contributed by atoms with Crippen molar-refractivity contribution in [2.75, 3.05) is 26.2 Å². The summed E-state index contributed by atoms with van der Waals surface area (Å²) in [6, 6.07) is 5.03. The summed E-state index contributed by atoms with van der Waals surface area (Å²) in [4.78, 5) is 30.0. The van der Waals surface area contributed by atoms with Crippen molar-refractivity contribution in [3.63, 3.8) is 0 Å². The maximum Gasteiger partial charge on any atom is 0.325 e. The smallest absolute Gasteiger partial charge is 0.325 e. The number of aromatic hydroxyl groups is 1. The molecule has 2 atom stereocenters. The summed E-state index contributed by atoms with van der Waals surface area (Å²) in [7, 11) is 0. The third-order valence-electron chi connectivity index (χ3n) is 6.96. The van der Waals surface area contributed by atoms with Crippen molar-refractivity contribution in [1.29, 1.82) is 0 Å². The first kappa shape index (κ1) is 22.4. The Bertz CT molecular complexity index is 821. The third-order valence-corrected chi connectivity index (χ3v) is 7.26. The largest absolute Gasteiger partial charge is 0.506 e. The van der Waals surface area contributed by atoms with E-state index in [0.29, 0.717) is 24.6 Å². The fraction of sp³-hybridized carbons (Fsp3) is 0.652. The monoisotopic (exact) mass is 449 g/mol. The highest BCUT2D eigenvalue weighted by atomic mass is 35.5. The summed E-state index contributed by atoms with van der Waals surface area (Å²) in [5.74, 6) is 0.144. The van der Waals surface area contributed by atoms with Crippen molar-refractivity contribution in [2.45, 2.75) is 63.6 Å². The standard InChI is InChI=1S/C23H32ClN3O4/c1-2-9-23(21(29)27(22(30)25-23)15-18-4-3-12-31-18)17-7-10-26(11-8-17)14-16-5-6-20(28)19(24)13-16/h5-6,13,17-18,28H,2-4,7-12,14-15H2,1H3,(H,25,30). The molecule has 4 rings (SSSR count). The Morgan fingerprint density at radius 1 is 1.26 bits per heavy atom. The van der Waals surface area contributed by atoms with E-state index in [9.17, 15) is 14.7 Å². The number of nitrogens with one attached hydrogen (secondary N) is 1. The molecule has 0 aromatic heterocycles. The van der Waals surface area contributed by atoms with Gasteiger partial charge in [0, 0.05) is 13.2 Å². The van der Waals surface area contributed by atoms with Gasteiger partial charge >= 0.3 is 6.03 Å². The van der Waals surface area contributed by atoms with Crippen molar-refractivity contribution in [3.8, 4) is 5.75 Å². The van der Waals surface area contributed by atoms with Crippen molar-refractivity contribution >= 4 is 23.5 Å². The highest BCUT2D eigenvalue weighted by molar-refractivity contribution is 6.32. The van der Waals surface area contributed by atoms with E-state index in [2.05, 4.69) is 17.1 Å². The Balaban J connectivity index is 1.41. The fourth-order valence-electron chi connectivity index (χ4n) is 5.34. The van der Waals surface area contributed by atoms with E-state index in [1.54, 1.807) is 12.1 Å². The van der Waals surface area contributed by atoms with Gasteiger partial charge in [0.05, 0.1) is 17.7 Å². The molecule has 7 nitrogen and oxygen atoms in total. The molecular weight excluding hydrogens is 418 g/mol. The van der Waals surface area contributed by atoms with Crippen LogP contribution < -0.4 is 5.32 Å². The Morgan fingerprint density at radius 2 is 2.03 bits per heavy atom. The van der Waals surface area contributed by atoms with Gasteiger partial charge in [-0.1, -0.05) is 31.0 Å². The molecule has 1 aromatic carbocycles. The predicted molar refractivity (Wildman–Crippen MR) is 118 cm³/mol. The molecule has 2 unspecified atom stereocenters. The van der Waals surface area contributed by atoms with Gasteiger partial charge < -0.3 is 15.2 Å². The molecule has 1 aromatic rings. The van der Waals surface area contributed by atoms with Crippen LogP contribution in [0.25, 0.3) is 0 Å². The lowest BCUT2D eigenvalue weighted by molar-refractivity contribution is -0.135. The Labute approximate surface area is 188 Å². The minimum atomic E-state index is -0.793. The van der Waals surface area contributed by atoms with Gasteiger partial charge in [-0.2, -0.15) is 0 Å². The van der Waals surface area contributed by atoms with Gasteiger partial charge in [-0.15, -0.1) is 0 Å². The van der Waals surface area contributed by atoms with Gasteiger partial charge in [-0.05, 0) is 68.8 Å². The van der Waals surface area contributed by atoms with Gasteiger partial charge in [-0.3, -0.25) is 14.6 Å². The third kappa shape index (κ3) is 4.54. The van der Waals surface area contributed by atoms with Gasteiger partial charge in [0.25, 0.3) is 5.91 Å². The summed E-state index contributed by atoms with van der Waals surface area (Å²) in [6.45, 7) is 5.58. The van der Waals surface area contributed by atoms with Crippen molar-refractivity contribution < 1.29 is 19.4 Å². The number of carbonyl (C=O) groups excluding carboxylic acids is 2. The average molecular weight is 450 g/mol. The van der Waals surface area contributed by atoms with Crippen LogP contribution in [0, 0.1) is 5.92 Å². The fourth-order valence-corrected chi connectivity index (χ4v) is 5.54. The highest BCUT2D eigenvalue weighted by Crippen LogP contribution is 2.38. The van der Waals surface area contributed by atoms with Crippen LogP contribution in [0.5, 0.6) is 5.75 Å². The van der Waals surface area contributed by atoms with E-state index in [-0.39, 0.29) is 29.7 Å². The van der Waals surface area contributed by atoms with Gasteiger partial charge in [0.15, 0.2) is 0 Å². The molecule has 3 fully saturated rings. The number of nitrogens with zero attached hydrogens (tertiary/aromatic N) is 2. The lowest BCUT2D eigenvalue weighted by atomic mass is 9.74. The van der Waals surface area contributed by atoms with E-state index in [0.717, 1.165) is 57.3 Å². The summed E-state index contributed by atoms with van der Waals surface area (Å²) < 4.78 is 5.67. The molecule has 3 aliphatic heterocycles. The zero-order chi connectivity index (χ0) is 22.0. The molecule has 3 amide bonds. The number of rotatable bonds is 7. The number of benzene rings is 1. The van der Waals surface area contributed by atoms with E-state index >= 15 is 0 Å². The van der Waals surface area contributed by atoms with Crippen LogP contribution in [-0.4, -0.2) is 64.7 Å². The summed E-state index contributed by atoms with van der Waals surface area (Å²) in [6.07, 6.45) is 5.06. The molecule has 31 heavy (non-hydrogen) atoms. The minimum absolute atomic E-state index is 0.0360. The molecule has 3 heterocycles. The number of carbonyl (C=O) groups is 2. The molecule has 2 N–H and O–H groups in total. The van der Waals surface area contributed by atoms with E-state index in [1.165, 1.54) is 4.90 Å². The molecule has 0 aliphatic carbocycles. The number of amides is 3. The lowest BCUT2D eigenvalue weighted by Crippen LogP contribution is -2.56. The summed E-state index contributed by atoms with van der Waals surface area (Å²) >= 11 is 6.04. The second-order valence-corrected chi connectivity index (χ2v) is 9.45. The molecule has 8 heteroatoms. The summed E-state index contributed by atoms with van der Waals surface area (Å²) in [5.41, 5.74) is 0.260. The zero-order valence-corrected chi connectivity index (χ0v) is 18.9. The molecule has 3 saturated heterocycles. The molecule has 3 aliphatic rings. The van der Waals surface area contributed by atoms with Crippen LogP contribution in [-0.2, 0) is 16.1 Å². The van der Waals surface area contributed by atoms with E-state index in [1.807, 2.05) is 6.07 Å². The van der Waals surface area contributed by atoms with Gasteiger partial charge in [-0.25, -0.2) is 4.79 Å². The number of halogens is 1. The summed E-state index contributed by atoms with van der Waals surface area (Å²) in [5, 5.41) is 13.1. The number of phenolic OH excluding ortho intramolecular Hbond substituents is 1. The van der Waals surface area contributed by atoms with Gasteiger partial charge in [0.2, 0.25) is 0 Å². The Kier molecular flexibility index (Phi) is 6.74. The van der Waals surface area contributed by atoms with Crippen LogP contribution in [0.15, 0.2) is 18.2 Å². The van der Waals surface area contributed by atoms with Crippen LogP contribution in [0.1, 0.15) is 51.0 Å². The Morgan fingerprint density at radius 3 is 2.68 bits per heavy atom. The second-order valence-electron chi connectivity index (χ2n) is 9.04. The first-order valence-corrected chi connectivity index (χ1v) is 11.8. The SMILES string of the molecule is CCCC1(C2CCN(Cc3ccc(O)c(Cl)c3)CC2)NC(=O)N(CC2CCCO2)C1=O. The first-order chi connectivity index (χ1) is 14.9. The van der Waals surface area contributed by atoms with E-state index in [4.69, 9.17) is 16.3 Å². The Hall–Kier alpha value is -1.83. The second kappa shape index (κ2) is 9.35. The molecule has 0 bridgehead atoms. The first-order valence-electron chi connectivity index (χ1n) is 11.4. The number of urea groups is 1. The normalized spacial score (nSPS) is 27.8. The van der Waals surface area contributed by atoms with Crippen LogP contribution >= 0.6 is 11.6 Å². The quantitative estimate of drug-likeness (QED) is 0.622. The maximum atomic E-state index is 13.5. The van der Waals surface area contributed by atoms with Crippen molar-refractivity contribution in [2.24, 2.45) is 5.92 Å². The number of hydrogen-bond donors (Lipinski definition) is 2. The van der Waals surface area contributed by atoms with Crippen LogP contribution in [0.2, 0.25) is 5.02 Å². The topological polar surface area (TPSA) is 82.1 Å². The minimum Gasteiger partial charge on any atom is -0.506 e. The van der Waals surface area contributed by atoms with Crippen LogP contribution in [0.4, 0.5) is 4.79 Å². The lowest BCUT2D eigenvalue weighted by Gasteiger charge is -2.41. The van der Waals surface area contributed by atoms with Crippen LogP contribution in [0.3, 0.4) is 0 Å². The number of hydrogen-bond acceptors (Lipinski definition) is 5. The maximum absolute atomic E-state index is 13.5. The molecule has 0 saturated carbocycles. The number of piperidine rings is 1. The predicted octanol–water partition coefficient (Wildman–Crippen LogP) is 3.53. The molecular formula is C23H32ClN3O4.